The Morgan fingerprint density at radius 1 is 1.21 bits per heavy atom. The van der Waals surface area contributed by atoms with E-state index in [0.29, 0.717) is 19.4 Å². The SMILES string of the molecule is COCCNS(=O)(=O)NCCC(C)(C)CCC(=O)O. The zero-order chi connectivity index (χ0) is 14.9. The molecule has 114 valence electrons. The number of hydrogen-bond acceptors (Lipinski definition) is 4. The van der Waals surface area contributed by atoms with Crippen LogP contribution in [0.5, 0.6) is 0 Å². The highest BCUT2D eigenvalue weighted by Crippen LogP contribution is 2.25. The average molecular weight is 296 g/mol. The first kappa shape index (κ1) is 18.3. The number of nitrogens with one attached hydrogen (secondary N) is 2. The highest BCUT2D eigenvalue weighted by molar-refractivity contribution is 7.87. The van der Waals surface area contributed by atoms with Gasteiger partial charge in [0.2, 0.25) is 0 Å². The number of methoxy groups -OCH3 is 1. The molecule has 0 spiro atoms. The molecule has 0 aromatic heterocycles. The minimum absolute atomic E-state index is 0.0891. The lowest BCUT2D eigenvalue weighted by molar-refractivity contribution is -0.137. The lowest BCUT2D eigenvalue weighted by atomic mass is 9.84. The molecule has 0 heterocycles. The Kier molecular flexibility index (Phi) is 8.15. The van der Waals surface area contributed by atoms with Crippen LogP contribution in [-0.2, 0) is 19.7 Å². The van der Waals surface area contributed by atoms with Crippen LogP contribution in [-0.4, -0.2) is 46.3 Å². The third-order valence-electron chi connectivity index (χ3n) is 2.71. The number of carbonyl (C=O) groups is 1. The zero-order valence-electron chi connectivity index (χ0n) is 11.7. The molecule has 0 unspecified atom stereocenters. The summed E-state index contributed by atoms with van der Waals surface area (Å²) < 4.78 is 32.5. The Bertz CT molecular complexity index is 367. The molecule has 8 heteroatoms. The van der Waals surface area contributed by atoms with E-state index < -0.39 is 16.2 Å². The molecule has 0 fully saturated rings. The van der Waals surface area contributed by atoms with Gasteiger partial charge in [0.05, 0.1) is 6.61 Å². The van der Waals surface area contributed by atoms with Crippen molar-refractivity contribution < 1.29 is 23.1 Å². The molecule has 0 bridgehead atoms. The first-order chi connectivity index (χ1) is 8.68. The lowest BCUT2D eigenvalue weighted by Crippen LogP contribution is -2.39. The van der Waals surface area contributed by atoms with Gasteiger partial charge in [0.25, 0.3) is 10.2 Å². The quantitative estimate of drug-likeness (QED) is 0.477. The Balaban J connectivity index is 3.96. The predicted molar refractivity (Wildman–Crippen MR) is 72.1 cm³/mol. The van der Waals surface area contributed by atoms with E-state index in [1.165, 1.54) is 7.11 Å². The van der Waals surface area contributed by atoms with Gasteiger partial charge in [0.15, 0.2) is 0 Å². The Morgan fingerprint density at radius 2 is 1.79 bits per heavy atom. The van der Waals surface area contributed by atoms with E-state index in [9.17, 15) is 13.2 Å². The van der Waals surface area contributed by atoms with Gasteiger partial charge in [0, 0.05) is 26.6 Å². The summed E-state index contributed by atoms with van der Waals surface area (Å²) in [5.41, 5.74) is -0.215. The summed E-state index contributed by atoms with van der Waals surface area (Å²) in [6, 6.07) is 0. The van der Waals surface area contributed by atoms with Crippen molar-refractivity contribution in [3.63, 3.8) is 0 Å². The van der Waals surface area contributed by atoms with Gasteiger partial charge in [0.1, 0.15) is 0 Å². The largest absolute Gasteiger partial charge is 0.481 e. The highest BCUT2D eigenvalue weighted by atomic mass is 32.2. The summed E-state index contributed by atoms with van der Waals surface area (Å²) in [5.74, 6) is -0.838. The second-order valence-electron chi connectivity index (χ2n) is 5.09. The van der Waals surface area contributed by atoms with Gasteiger partial charge >= 0.3 is 5.97 Å². The molecule has 3 N–H and O–H groups in total. The van der Waals surface area contributed by atoms with Crippen molar-refractivity contribution in [2.75, 3.05) is 26.8 Å². The number of hydrogen-bond donors (Lipinski definition) is 3. The van der Waals surface area contributed by atoms with Crippen molar-refractivity contribution in [2.24, 2.45) is 5.41 Å². The van der Waals surface area contributed by atoms with Gasteiger partial charge in [-0.1, -0.05) is 13.8 Å². The molecule has 0 radical (unpaired) electrons. The van der Waals surface area contributed by atoms with Gasteiger partial charge in [-0.2, -0.15) is 13.1 Å². The minimum atomic E-state index is -3.50. The van der Waals surface area contributed by atoms with Crippen LogP contribution in [0.2, 0.25) is 0 Å². The molecule has 0 aromatic carbocycles. The van der Waals surface area contributed by atoms with E-state index in [1.54, 1.807) is 0 Å². The molecule has 19 heavy (non-hydrogen) atoms. The summed E-state index contributed by atoms with van der Waals surface area (Å²) in [4.78, 5) is 10.5. The van der Waals surface area contributed by atoms with Gasteiger partial charge in [-0.25, -0.2) is 4.72 Å². The summed E-state index contributed by atoms with van der Waals surface area (Å²) >= 11 is 0. The van der Waals surface area contributed by atoms with Crippen LogP contribution in [0, 0.1) is 5.41 Å². The molecule has 0 saturated carbocycles. The smallest absolute Gasteiger partial charge is 0.303 e. The minimum Gasteiger partial charge on any atom is -0.481 e. The molecular weight excluding hydrogens is 272 g/mol. The predicted octanol–water partition coefficient (Wildman–Crippen LogP) is 0.338. The number of rotatable bonds is 11. The van der Waals surface area contributed by atoms with E-state index in [2.05, 4.69) is 9.44 Å². The van der Waals surface area contributed by atoms with Gasteiger partial charge in [-0.3, -0.25) is 4.79 Å². The van der Waals surface area contributed by atoms with Crippen molar-refractivity contribution in [3.05, 3.63) is 0 Å². The average Bonchev–Trinajstić information content (AvgIpc) is 2.26. The molecule has 0 aliphatic heterocycles. The second-order valence-corrected chi connectivity index (χ2v) is 6.68. The molecule has 0 aromatic rings. The lowest BCUT2D eigenvalue weighted by Gasteiger charge is -2.23. The van der Waals surface area contributed by atoms with Crippen LogP contribution in [0.3, 0.4) is 0 Å². The molecule has 0 aliphatic carbocycles. The second kappa shape index (κ2) is 8.47. The van der Waals surface area contributed by atoms with Gasteiger partial charge in [-0.15, -0.1) is 0 Å². The van der Waals surface area contributed by atoms with E-state index >= 15 is 0 Å². The Morgan fingerprint density at radius 3 is 2.32 bits per heavy atom. The van der Waals surface area contributed by atoms with Gasteiger partial charge in [-0.05, 0) is 18.3 Å². The molecule has 0 atom stereocenters. The maximum absolute atomic E-state index is 11.5. The van der Waals surface area contributed by atoms with E-state index in [-0.39, 0.29) is 24.9 Å². The summed E-state index contributed by atoms with van der Waals surface area (Å²) in [6.45, 7) is 4.64. The highest BCUT2D eigenvalue weighted by Gasteiger charge is 2.20. The number of carboxylic acid groups (broad SMARTS) is 1. The summed E-state index contributed by atoms with van der Waals surface area (Å²) in [6.07, 6.45) is 1.18. The summed E-state index contributed by atoms with van der Waals surface area (Å²) in [5, 5.41) is 8.62. The summed E-state index contributed by atoms with van der Waals surface area (Å²) in [7, 11) is -2.01. The molecular formula is C11H24N2O5S. The monoisotopic (exact) mass is 296 g/mol. The Hall–Kier alpha value is -0.700. The van der Waals surface area contributed by atoms with Gasteiger partial charge < -0.3 is 9.84 Å². The fraction of sp³-hybridized carbons (Fsp3) is 0.909. The first-order valence-electron chi connectivity index (χ1n) is 6.13. The molecule has 0 rings (SSSR count). The number of ether oxygens (including phenoxy) is 1. The fourth-order valence-electron chi connectivity index (χ4n) is 1.42. The molecule has 0 aliphatic rings. The van der Waals surface area contributed by atoms with Crippen molar-refractivity contribution in [1.29, 1.82) is 0 Å². The fourth-order valence-corrected chi connectivity index (χ4v) is 2.25. The molecule has 7 nitrogen and oxygen atoms in total. The maximum atomic E-state index is 11.5. The van der Waals surface area contributed by atoms with E-state index in [4.69, 9.17) is 9.84 Å². The van der Waals surface area contributed by atoms with Crippen LogP contribution in [0.15, 0.2) is 0 Å². The third-order valence-corrected chi connectivity index (χ3v) is 3.88. The molecule has 0 saturated heterocycles. The third kappa shape index (κ3) is 10.9. The van der Waals surface area contributed by atoms with Crippen LogP contribution in [0.4, 0.5) is 0 Å². The van der Waals surface area contributed by atoms with Crippen molar-refractivity contribution >= 4 is 16.2 Å². The standard InChI is InChI=1S/C11H24N2O5S/c1-11(2,5-4-10(14)15)6-7-12-19(16,17)13-8-9-18-3/h12-13H,4-9H2,1-3H3,(H,14,15). The first-order valence-corrected chi connectivity index (χ1v) is 7.62. The van der Waals surface area contributed by atoms with Crippen LogP contribution in [0.1, 0.15) is 33.1 Å². The Labute approximate surface area is 114 Å². The van der Waals surface area contributed by atoms with Crippen LogP contribution < -0.4 is 9.44 Å². The number of aliphatic carboxylic acids is 1. The van der Waals surface area contributed by atoms with Crippen LogP contribution in [0.25, 0.3) is 0 Å². The van der Waals surface area contributed by atoms with E-state index in [0.717, 1.165) is 0 Å². The normalized spacial score (nSPS) is 12.6. The van der Waals surface area contributed by atoms with Crippen molar-refractivity contribution in [2.45, 2.75) is 33.1 Å². The van der Waals surface area contributed by atoms with Crippen LogP contribution >= 0.6 is 0 Å². The molecule has 0 amide bonds. The number of carboxylic acids is 1. The topological polar surface area (TPSA) is 105 Å². The maximum Gasteiger partial charge on any atom is 0.303 e. The van der Waals surface area contributed by atoms with Crippen molar-refractivity contribution in [1.82, 2.24) is 9.44 Å². The van der Waals surface area contributed by atoms with E-state index in [1.807, 2.05) is 13.8 Å². The zero-order valence-corrected chi connectivity index (χ0v) is 12.5. The van der Waals surface area contributed by atoms with Crippen molar-refractivity contribution in [3.8, 4) is 0 Å².